The fourth-order valence-electron chi connectivity index (χ4n) is 3.36. The van der Waals surface area contributed by atoms with Crippen LogP contribution >= 0.6 is 11.7 Å². The van der Waals surface area contributed by atoms with Crippen molar-refractivity contribution in [2.75, 3.05) is 4.90 Å². The average Bonchev–Trinajstić information content (AvgIpc) is 3.31. The molecule has 0 aliphatic heterocycles. The van der Waals surface area contributed by atoms with Gasteiger partial charge in [-0.3, -0.25) is 14.5 Å². The lowest BCUT2D eigenvalue weighted by Crippen LogP contribution is -2.43. The summed E-state index contributed by atoms with van der Waals surface area (Å²) < 4.78 is 8.56. The summed E-state index contributed by atoms with van der Waals surface area (Å²) >= 11 is 1.04. The van der Waals surface area contributed by atoms with Crippen LogP contribution in [0.1, 0.15) is 17.2 Å². The Kier molecular flexibility index (Phi) is 6.01. The minimum absolute atomic E-state index is 0.323. The minimum atomic E-state index is -0.972. The van der Waals surface area contributed by atoms with Gasteiger partial charge in [-0.15, -0.1) is 6.42 Å². The Hall–Kier alpha value is -4.02. The first-order valence-electron chi connectivity index (χ1n) is 9.56. The van der Waals surface area contributed by atoms with E-state index in [-0.39, 0.29) is 5.91 Å². The van der Waals surface area contributed by atoms with Gasteiger partial charge in [0.05, 0.1) is 17.4 Å². The molecule has 6 nitrogen and oxygen atoms in total. The number of hydrogen-bond donors (Lipinski definition) is 1. The Morgan fingerprint density at radius 1 is 0.968 bits per heavy atom. The van der Waals surface area contributed by atoms with Crippen molar-refractivity contribution in [1.29, 1.82) is 0 Å². The summed E-state index contributed by atoms with van der Waals surface area (Å²) in [5, 5.41) is 2.93. The van der Waals surface area contributed by atoms with Crippen molar-refractivity contribution in [3.05, 3.63) is 90.0 Å². The quantitative estimate of drug-likeness (QED) is 0.477. The molecule has 0 aliphatic rings. The highest BCUT2D eigenvalue weighted by Gasteiger charge is 2.33. The maximum atomic E-state index is 13.4. The Labute approximate surface area is 183 Å². The highest BCUT2D eigenvalue weighted by molar-refractivity contribution is 7.00. The molecule has 4 rings (SSSR count). The molecule has 31 heavy (non-hydrogen) atoms. The third kappa shape index (κ3) is 4.29. The molecule has 7 heteroatoms. The zero-order valence-corrected chi connectivity index (χ0v) is 17.3. The predicted octanol–water partition coefficient (Wildman–Crippen LogP) is 3.72. The molecule has 0 saturated heterocycles. The van der Waals surface area contributed by atoms with E-state index in [0.29, 0.717) is 28.8 Å². The number of terminal acetylenes is 1. The summed E-state index contributed by atoms with van der Waals surface area (Å²) in [6.07, 6.45) is 5.50. The summed E-state index contributed by atoms with van der Waals surface area (Å²) in [5.74, 6) is 1.18. The summed E-state index contributed by atoms with van der Waals surface area (Å²) in [5.41, 5.74) is 3.18. The van der Waals surface area contributed by atoms with Gasteiger partial charge in [-0.05, 0) is 29.2 Å². The maximum Gasteiger partial charge on any atom is 0.303 e. The van der Waals surface area contributed by atoms with Crippen molar-refractivity contribution in [3.8, 4) is 12.3 Å². The van der Waals surface area contributed by atoms with E-state index >= 15 is 0 Å². The topological polar surface area (TPSA) is 75.2 Å². The summed E-state index contributed by atoms with van der Waals surface area (Å²) in [4.78, 5) is 27.7. The number of fused-ring (bicyclic) bond motifs is 1. The van der Waals surface area contributed by atoms with E-state index in [4.69, 9.17) is 6.42 Å². The van der Waals surface area contributed by atoms with Crippen molar-refractivity contribution in [2.24, 2.45) is 0 Å². The van der Waals surface area contributed by atoms with E-state index in [1.165, 1.54) is 4.90 Å². The van der Waals surface area contributed by atoms with Gasteiger partial charge in [0.2, 0.25) is 5.91 Å². The van der Waals surface area contributed by atoms with Gasteiger partial charge in [0.25, 0.3) is 0 Å². The predicted molar refractivity (Wildman–Crippen MR) is 121 cm³/mol. The van der Waals surface area contributed by atoms with Crippen molar-refractivity contribution in [3.63, 3.8) is 0 Å². The first-order chi connectivity index (χ1) is 15.2. The molecule has 1 aromatic heterocycles. The lowest BCUT2D eigenvalue weighted by molar-refractivity contribution is -0.125. The van der Waals surface area contributed by atoms with E-state index in [0.717, 1.165) is 17.3 Å². The smallest absolute Gasteiger partial charge is 0.303 e. The van der Waals surface area contributed by atoms with Crippen molar-refractivity contribution in [1.82, 2.24) is 14.1 Å². The molecule has 0 radical (unpaired) electrons. The lowest BCUT2D eigenvalue weighted by Gasteiger charge is -2.30. The SMILES string of the molecule is C#CC(=O)N(c1cccc2nsnc12)C(C(=O)NCc1ccccc1)c1ccccc1. The molecule has 2 amide bonds. The molecule has 3 aromatic carbocycles. The number of rotatable bonds is 6. The van der Waals surface area contributed by atoms with Crippen LogP contribution in [0.4, 0.5) is 5.69 Å². The lowest BCUT2D eigenvalue weighted by atomic mass is 10.0. The normalized spacial score (nSPS) is 11.5. The minimum Gasteiger partial charge on any atom is -0.350 e. The van der Waals surface area contributed by atoms with Gasteiger partial charge in [0.1, 0.15) is 17.1 Å². The summed E-state index contributed by atoms with van der Waals surface area (Å²) in [6.45, 7) is 0.323. The van der Waals surface area contributed by atoms with Crippen LogP contribution in [0, 0.1) is 12.3 Å². The monoisotopic (exact) mass is 426 g/mol. The number of nitrogens with one attached hydrogen (secondary N) is 1. The van der Waals surface area contributed by atoms with Crippen molar-refractivity contribution >= 4 is 40.3 Å². The standard InChI is InChI=1S/C24H18N4O2S/c1-2-21(29)28(20-15-9-14-19-22(20)27-31-26-19)23(18-12-7-4-8-13-18)24(30)25-16-17-10-5-3-6-11-17/h1,3-15,23H,16H2,(H,25,30). The molecular weight excluding hydrogens is 408 g/mol. The molecule has 0 aliphatic carbocycles. The second-order valence-corrected chi connectivity index (χ2v) is 7.27. The molecule has 0 bridgehead atoms. The molecule has 4 aromatic rings. The second kappa shape index (κ2) is 9.20. The Morgan fingerprint density at radius 2 is 1.68 bits per heavy atom. The van der Waals surface area contributed by atoms with Crippen LogP contribution < -0.4 is 10.2 Å². The first kappa shape index (κ1) is 20.3. The average molecular weight is 427 g/mol. The van der Waals surface area contributed by atoms with Crippen LogP contribution in [0.2, 0.25) is 0 Å². The molecule has 0 saturated carbocycles. The summed E-state index contributed by atoms with van der Waals surface area (Å²) in [7, 11) is 0. The van der Waals surface area contributed by atoms with Crippen LogP contribution in [0.15, 0.2) is 78.9 Å². The van der Waals surface area contributed by atoms with Gasteiger partial charge in [0.15, 0.2) is 0 Å². The molecule has 1 unspecified atom stereocenters. The van der Waals surface area contributed by atoms with Crippen LogP contribution in [-0.4, -0.2) is 20.6 Å². The number of amides is 2. The van der Waals surface area contributed by atoms with Crippen molar-refractivity contribution in [2.45, 2.75) is 12.6 Å². The van der Waals surface area contributed by atoms with Gasteiger partial charge in [0, 0.05) is 6.54 Å². The van der Waals surface area contributed by atoms with E-state index in [2.05, 4.69) is 20.0 Å². The molecule has 0 fully saturated rings. The van der Waals surface area contributed by atoms with E-state index in [1.807, 2.05) is 48.5 Å². The summed E-state index contributed by atoms with van der Waals surface area (Å²) in [6, 6.07) is 22.9. The molecule has 1 heterocycles. The van der Waals surface area contributed by atoms with E-state index in [1.54, 1.807) is 30.3 Å². The number of benzene rings is 3. The van der Waals surface area contributed by atoms with Crippen LogP contribution in [0.25, 0.3) is 11.0 Å². The molecule has 152 valence electrons. The van der Waals surface area contributed by atoms with Gasteiger partial charge in [-0.25, -0.2) is 0 Å². The zero-order chi connectivity index (χ0) is 21.6. The molecule has 1 atom stereocenters. The van der Waals surface area contributed by atoms with Gasteiger partial charge in [-0.2, -0.15) is 8.75 Å². The molecule has 1 N–H and O–H groups in total. The fourth-order valence-corrected chi connectivity index (χ4v) is 3.90. The van der Waals surface area contributed by atoms with Crippen LogP contribution in [0.5, 0.6) is 0 Å². The second-order valence-electron chi connectivity index (χ2n) is 6.75. The number of carbonyl (C=O) groups is 2. The fraction of sp³-hybridized carbons (Fsp3) is 0.0833. The van der Waals surface area contributed by atoms with E-state index < -0.39 is 11.9 Å². The number of aromatic nitrogens is 2. The number of anilines is 1. The number of nitrogens with zero attached hydrogens (tertiary/aromatic N) is 3. The third-order valence-corrected chi connectivity index (χ3v) is 5.34. The Bertz CT molecular complexity index is 1250. The third-order valence-electron chi connectivity index (χ3n) is 4.80. The van der Waals surface area contributed by atoms with Crippen molar-refractivity contribution < 1.29 is 9.59 Å². The van der Waals surface area contributed by atoms with Crippen LogP contribution in [-0.2, 0) is 16.1 Å². The maximum absolute atomic E-state index is 13.4. The van der Waals surface area contributed by atoms with Gasteiger partial charge >= 0.3 is 5.91 Å². The van der Waals surface area contributed by atoms with Crippen LogP contribution in [0.3, 0.4) is 0 Å². The van der Waals surface area contributed by atoms with Gasteiger partial charge < -0.3 is 5.32 Å². The zero-order valence-electron chi connectivity index (χ0n) is 16.4. The van der Waals surface area contributed by atoms with Gasteiger partial charge in [-0.1, -0.05) is 66.7 Å². The highest BCUT2D eigenvalue weighted by atomic mass is 32.1. The first-order valence-corrected chi connectivity index (χ1v) is 10.3. The largest absolute Gasteiger partial charge is 0.350 e. The number of hydrogen-bond acceptors (Lipinski definition) is 5. The highest BCUT2D eigenvalue weighted by Crippen LogP contribution is 2.33. The Morgan fingerprint density at radius 3 is 2.39 bits per heavy atom. The molecular formula is C24H18N4O2S. The molecule has 0 spiro atoms. The van der Waals surface area contributed by atoms with E-state index in [9.17, 15) is 9.59 Å². The number of carbonyl (C=O) groups excluding carboxylic acids is 2. The Balaban J connectivity index is 1.78.